The number of phenols is 1. The van der Waals surface area contributed by atoms with Gasteiger partial charge >= 0.3 is 0 Å². The summed E-state index contributed by atoms with van der Waals surface area (Å²) in [4.78, 5) is 10.4. The predicted octanol–water partition coefficient (Wildman–Crippen LogP) is 14.2. The van der Waals surface area contributed by atoms with Crippen LogP contribution in [0.25, 0.3) is 99.7 Å². The van der Waals surface area contributed by atoms with Crippen LogP contribution in [0.5, 0.6) is 5.75 Å². The smallest absolute Gasteiger partial charge is 0.149 e. The lowest BCUT2D eigenvalue weighted by Crippen LogP contribution is -2.01. The molecule has 0 saturated heterocycles. The minimum Gasteiger partial charge on any atom is -0.507 e. The Morgan fingerprint density at radius 1 is 0.508 bits per heavy atom. The molecule has 284 valence electrons. The number of fused-ring (bicyclic) bond motifs is 7. The van der Waals surface area contributed by atoms with Gasteiger partial charge in [-0.1, -0.05) is 131 Å². The standard InChI is InChI=1S/C54H42N4O/c1-32(2)38-27-43(33(3)4)53(59)46(28-38)54-56-51-40(36-16-12-17-37(26-36)47-29-35(24-25-55-47)34-14-6-5-7-15-34)20-13-23-50(51)57(54)39-30-44-41-18-8-10-21-48(41)58-49-22-11-9-19-42(49)45(31-39)52(44)58/h5-33,59H,1-4H3. The van der Waals surface area contributed by atoms with Crippen LogP contribution in [0.4, 0.5) is 0 Å². The molecule has 0 bridgehead atoms. The average Bonchev–Trinajstić information content (AvgIpc) is 3.94. The van der Waals surface area contributed by atoms with Gasteiger partial charge in [-0.25, -0.2) is 4.98 Å². The molecule has 4 heterocycles. The van der Waals surface area contributed by atoms with Gasteiger partial charge in [0.2, 0.25) is 0 Å². The summed E-state index contributed by atoms with van der Waals surface area (Å²) in [5, 5.41) is 17.0. The van der Waals surface area contributed by atoms with E-state index < -0.39 is 0 Å². The SMILES string of the molecule is CC(C)c1cc(-c2nc3c(-c4cccc(-c5cc(-c6ccccc6)ccn5)c4)cccc3n2-c2cc3c4ccccc4n4c5ccccc5c(c2)c34)c(O)c(C(C)C)c1. The van der Waals surface area contributed by atoms with Crippen LogP contribution in [0.15, 0.2) is 164 Å². The Bertz CT molecular complexity index is 3320. The average molecular weight is 763 g/mol. The Kier molecular flexibility index (Phi) is 7.96. The minimum atomic E-state index is 0.122. The van der Waals surface area contributed by atoms with E-state index in [-0.39, 0.29) is 17.6 Å². The summed E-state index contributed by atoms with van der Waals surface area (Å²) >= 11 is 0. The quantitative estimate of drug-likeness (QED) is 0.176. The number of aromatic hydroxyl groups is 1. The highest BCUT2D eigenvalue weighted by Gasteiger charge is 2.25. The Morgan fingerprint density at radius 3 is 1.86 bits per heavy atom. The number of pyridine rings is 1. The van der Waals surface area contributed by atoms with E-state index in [9.17, 15) is 5.11 Å². The summed E-state index contributed by atoms with van der Waals surface area (Å²) in [6, 6.07) is 56.0. The molecule has 11 rings (SSSR count). The maximum Gasteiger partial charge on any atom is 0.149 e. The van der Waals surface area contributed by atoms with Crippen molar-refractivity contribution in [3.05, 3.63) is 175 Å². The number of para-hydroxylation sites is 3. The molecule has 0 aliphatic rings. The molecular formula is C54H42N4O. The number of aromatic nitrogens is 4. The van der Waals surface area contributed by atoms with E-state index in [1.54, 1.807) is 0 Å². The second-order valence-electron chi connectivity index (χ2n) is 16.4. The molecule has 5 nitrogen and oxygen atoms in total. The number of hydrogen-bond donors (Lipinski definition) is 1. The lowest BCUT2D eigenvalue weighted by Gasteiger charge is -2.18. The summed E-state index contributed by atoms with van der Waals surface area (Å²) in [5.41, 5.74) is 15.5. The zero-order valence-corrected chi connectivity index (χ0v) is 33.5. The van der Waals surface area contributed by atoms with Crippen LogP contribution in [0, 0.1) is 0 Å². The van der Waals surface area contributed by atoms with Crippen LogP contribution >= 0.6 is 0 Å². The molecule has 0 aliphatic carbocycles. The number of imidazole rings is 1. The first-order valence-corrected chi connectivity index (χ1v) is 20.5. The largest absolute Gasteiger partial charge is 0.507 e. The highest BCUT2D eigenvalue weighted by molar-refractivity contribution is 6.24. The van der Waals surface area contributed by atoms with Crippen molar-refractivity contribution in [2.24, 2.45) is 0 Å². The minimum absolute atomic E-state index is 0.122. The van der Waals surface area contributed by atoms with E-state index in [0.29, 0.717) is 5.82 Å². The van der Waals surface area contributed by atoms with Crippen LogP contribution in [-0.4, -0.2) is 24.0 Å². The zero-order valence-electron chi connectivity index (χ0n) is 33.5. The van der Waals surface area contributed by atoms with Gasteiger partial charge in [-0.05, 0) is 94.3 Å². The normalized spacial score (nSPS) is 12.1. The van der Waals surface area contributed by atoms with Crippen LogP contribution in [0.3, 0.4) is 0 Å². The topological polar surface area (TPSA) is 55.4 Å². The number of nitrogens with zero attached hydrogens (tertiary/aromatic N) is 4. The Hall–Kier alpha value is -7.24. The highest BCUT2D eigenvalue weighted by atomic mass is 16.3. The molecule has 7 aromatic carbocycles. The maximum atomic E-state index is 12.2. The van der Waals surface area contributed by atoms with Gasteiger partial charge in [-0.2, -0.15) is 0 Å². The first-order valence-electron chi connectivity index (χ1n) is 20.5. The monoisotopic (exact) mass is 762 g/mol. The van der Waals surface area contributed by atoms with Crippen LogP contribution < -0.4 is 0 Å². The van der Waals surface area contributed by atoms with Gasteiger partial charge in [-0.15, -0.1) is 0 Å². The van der Waals surface area contributed by atoms with E-state index in [0.717, 1.165) is 61.4 Å². The third-order valence-electron chi connectivity index (χ3n) is 12.2. The van der Waals surface area contributed by atoms with Crippen molar-refractivity contribution in [3.63, 3.8) is 0 Å². The van der Waals surface area contributed by atoms with E-state index in [2.05, 4.69) is 188 Å². The van der Waals surface area contributed by atoms with Crippen molar-refractivity contribution in [2.45, 2.75) is 39.5 Å². The lowest BCUT2D eigenvalue weighted by molar-refractivity contribution is 0.466. The van der Waals surface area contributed by atoms with E-state index in [1.165, 1.54) is 43.7 Å². The fourth-order valence-corrected chi connectivity index (χ4v) is 9.21. The molecule has 0 radical (unpaired) electrons. The molecule has 0 saturated carbocycles. The number of hydrogen-bond acceptors (Lipinski definition) is 3. The zero-order chi connectivity index (χ0) is 39.9. The summed E-state index contributed by atoms with van der Waals surface area (Å²) in [5.74, 6) is 1.37. The van der Waals surface area contributed by atoms with Crippen molar-refractivity contribution in [1.29, 1.82) is 0 Å². The number of rotatable bonds is 7. The second kappa shape index (κ2) is 13.4. The summed E-state index contributed by atoms with van der Waals surface area (Å²) < 4.78 is 4.69. The molecule has 1 N–H and O–H groups in total. The van der Waals surface area contributed by atoms with E-state index in [1.807, 2.05) is 12.3 Å². The van der Waals surface area contributed by atoms with E-state index >= 15 is 0 Å². The third-order valence-corrected chi connectivity index (χ3v) is 12.2. The van der Waals surface area contributed by atoms with E-state index in [4.69, 9.17) is 9.97 Å². The predicted molar refractivity (Wildman–Crippen MR) is 245 cm³/mol. The molecule has 0 atom stereocenters. The van der Waals surface area contributed by atoms with Crippen LogP contribution in [0.1, 0.15) is 50.7 Å². The molecule has 0 fully saturated rings. The summed E-state index contributed by atoms with van der Waals surface area (Å²) in [6.07, 6.45) is 1.89. The van der Waals surface area contributed by atoms with Crippen molar-refractivity contribution in [2.75, 3.05) is 0 Å². The Morgan fingerprint density at radius 2 is 1.15 bits per heavy atom. The Balaban J connectivity index is 1.19. The van der Waals surface area contributed by atoms with Gasteiger partial charge in [0.1, 0.15) is 11.6 Å². The molecular weight excluding hydrogens is 721 g/mol. The molecule has 4 aromatic heterocycles. The summed E-state index contributed by atoms with van der Waals surface area (Å²) in [6.45, 7) is 8.71. The van der Waals surface area contributed by atoms with Gasteiger partial charge in [0.15, 0.2) is 0 Å². The van der Waals surface area contributed by atoms with Crippen LogP contribution in [0.2, 0.25) is 0 Å². The molecule has 59 heavy (non-hydrogen) atoms. The van der Waals surface area contributed by atoms with Gasteiger partial charge in [-0.3, -0.25) is 9.55 Å². The lowest BCUT2D eigenvalue weighted by atomic mass is 9.91. The van der Waals surface area contributed by atoms with Crippen molar-refractivity contribution < 1.29 is 5.11 Å². The van der Waals surface area contributed by atoms with Gasteiger partial charge in [0.05, 0.1) is 38.8 Å². The van der Waals surface area contributed by atoms with Crippen molar-refractivity contribution in [3.8, 4) is 56.3 Å². The van der Waals surface area contributed by atoms with Gasteiger partial charge in [0, 0.05) is 44.6 Å². The third kappa shape index (κ3) is 5.45. The fraction of sp³-hybridized carbons (Fsp3) is 0.111. The number of benzene rings is 7. The number of phenolic OH excluding ortho intramolecular Hbond substituents is 1. The Labute approximate surface area is 342 Å². The molecule has 5 heteroatoms. The second-order valence-corrected chi connectivity index (χ2v) is 16.4. The first-order chi connectivity index (χ1) is 28.8. The van der Waals surface area contributed by atoms with Crippen LogP contribution in [-0.2, 0) is 0 Å². The van der Waals surface area contributed by atoms with Crippen molar-refractivity contribution >= 4 is 49.1 Å². The molecule has 0 aliphatic heterocycles. The molecule has 0 amide bonds. The highest BCUT2D eigenvalue weighted by Crippen LogP contribution is 2.45. The molecule has 0 spiro atoms. The van der Waals surface area contributed by atoms with Gasteiger partial charge in [0.25, 0.3) is 0 Å². The molecule has 0 unspecified atom stereocenters. The molecule has 11 aromatic rings. The fourth-order valence-electron chi connectivity index (χ4n) is 9.21. The first kappa shape index (κ1) is 35.0. The van der Waals surface area contributed by atoms with Crippen molar-refractivity contribution in [1.82, 2.24) is 18.9 Å². The van der Waals surface area contributed by atoms with Gasteiger partial charge < -0.3 is 9.51 Å². The maximum absolute atomic E-state index is 12.2. The summed E-state index contributed by atoms with van der Waals surface area (Å²) in [7, 11) is 0.